The Kier molecular flexibility index (Phi) is 4.99. The highest BCUT2D eigenvalue weighted by molar-refractivity contribution is 6.28. The molecule has 1 fully saturated rings. The molecule has 1 aliphatic rings. The van der Waals surface area contributed by atoms with Crippen molar-refractivity contribution in [3.8, 4) is 0 Å². The summed E-state index contributed by atoms with van der Waals surface area (Å²) >= 11 is 6.00. The van der Waals surface area contributed by atoms with Crippen LogP contribution in [0.4, 0.5) is 11.9 Å². The maximum absolute atomic E-state index is 6.00. The molecule has 0 spiro atoms. The minimum absolute atomic E-state index is 0.255. The topological polar surface area (TPSA) is 48.4 Å². The summed E-state index contributed by atoms with van der Waals surface area (Å²) in [6, 6.07) is 0.573. The van der Waals surface area contributed by atoms with E-state index >= 15 is 0 Å². The third kappa shape index (κ3) is 3.30. The van der Waals surface area contributed by atoms with Gasteiger partial charge in [0.05, 0.1) is 0 Å². The van der Waals surface area contributed by atoms with E-state index in [1.807, 2.05) is 19.0 Å². The Hall–Kier alpha value is -1.14. The van der Waals surface area contributed by atoms with E-state index < -0.39 is 0 Å². The highest BCUT2D eigenvalue weighted by Gasteiger charge is 2.28. The van der Waals surface area contributed by atoms with Crippen LogP contribution in [0, 0.1) is 0 Å². The van der Waals surface area contributed by atoms with Crippen molar-refractivity contribution in [3.63, 3.8) is 0 Å². The van der Waals surface area contributed by atoms with Crippen molar-refractivity contribution in [2.45, 2.75) is 26.3 Å². The molecule has 0 aliphatic carbocycles. The first kappa shape index (κ1) is 15.3. The van der Waals surface area contributed by atoms with Gasteiger partial charge in [-0.05, 0) is 31.1 Å². The van der Waals surface area contributed by atoms with Crippen LogP contribution >= 0.6 is 11.6 Å². The van der Waals surface area contributed by atoms with Crippen LogP contribution in [0.1, 0.15) is 20.3 Å². The van der Waals surface area contributed by atoms with Crippen molar-refractivity contribution < 1.29 is 0 Å². The average molecular weight is 299 g/mol. The molecule has 0 aromatic carbocycles. The maximum atomic E-state index is 6.00. The van der Waals surface area contributed by atoms with E-state index in [2.05, 4.69) is 38.6 Å². The second kappa shape index (κ2) is 6.54. The molecule has 7 heteroatoms. The second-order valence-electron chi connectivity index (χ2n) is 5.21. The summed E-state index contributed by atoms with van der Waals surface area (Å²) in [7, 11) is 3.80. The van der Waals surface area contributed by atoms with E-state index in [9.17, 15) is 0 Å². The Balaban J connectivity index is 2.13. The smallest absolute Gasteiger partial charge is 0.231 e. The molecule has 1 aromatic rings. The number of likely N-dealkylation sites (N-methyl/N-ethyl adjacent to an activating group) is 1. The number of aromatic nitrogens is 3. The molecule has 20 heavy (non-hydrogen) atoms. The summed E-state index contributed by atoms with van der Waals surface area (Å²) in [6.07, 6.45) is 1.14. The van der Waals surface area contributed by atoms with Crippen LogP contribution < -0.4 is 9.80 Å². The van der Waals surface area contributed by atoms with E-state index in [4.69, 9.17) is 11.6 Å². The fourth-order valence-corrected chi connectivity index (χ4v) is 2.78. The van der Waals surface area contributed by atoms with Crippen molar-refractivity contribution in [1.29, 1.82) is 0 Å². The molecule has 2 heterocycles. The van der Waals surface area contributed by atoms with Crippen LogP contribution in [-0.2, 0) is 0 Å². The van der Waals surface area contributed by atoms with Crippen molar-refractivity contribution in [1.82, 2.24) is 19.9 Å². The van der Waals surface area contributed by atoms with Crippen molar-refractivity contribution in [2.75, 3.05) is 50.1 Å². The van der Waals surface area contributed by atoms with Gasteiger partial charge in [0.25, 0.3) is 0 Å². The van der Waals surface area contributed by atoms with Gasteiger partial charge in [0, 0.05) is 33.2 Å². The average Bonchev–Trinajstić information content (AvgIpc) is 2.89. The molecule has 1 aromatic heterocycles. The number of nitrogens with zero attached hydrogens (tertiary/aromatic N) is 6. The highest BCUT2D eigenvalue weighted by atomic mass is 35.5. The summed E-state index contributed by atoms with van der Waals surface area (Å²) in [5, 5.41) is 0.255. The van der Waals surface area contributed by atoms with Crippen LogP contribution in [0.2, 0.25) is 5.28 Å². The fraction of sp³-hybridized carbons (Fsp3) is 0.769. The maximum Gasteiger partial charge on any atom is 0.231 e. The normalized spacial score (nSPS) is 18.9. The first-order valence-corrected chi connectivity index (χ1v) is 7.50. The largest absolute Gasteiger partial charge is 0.347 e. The number of anilines is 2. The molecule has 1 saturated heterocycles. The van der Waals surface area contributed by atoms with Gasteiger partial charge in [-0.1, -0.05) is 13.8 Å². The molecule has 0 amide bonds. The van der Waals surface area contributed by atoms with Crippen LogP contribution in [0.15, 0.2) is 0 Å². The number of rotatable bonds is 5. The zero-order chi connectivity index (χ0) is 14.7. The Morgan fingerprint density at radius 1 is 1.20 bits per heavy atom. The zero-order valence-corrected chi connectivity index (χ0v) is 13.4. The van der Waals surface area contributed by atoms with Gasteiger partial charge in [-0.15, -0.1) is 0 Å². The molecule has 0 bridgehead atoms. The van der Waals surface area contributed by atoms with Gasteiger partial charge in [-0.25, -0.2) is 0 Å². The molecule has 112 valence electrons. The summed E-state index contributed by atoms with van der Waals surface area (Å²) in [5.41, 5.74) is 0. The van der Waals surface area contributed by atoms with E-state index in [0.717, 1.165) is 32.6 Å². The Morgan fingerprint density at radius 2 is 1.90 bits per heavy atom. The summed E-state index contributed by atoms with van der Waals surface area (Å²) < 4.78 is 0. The predicted octanol–water partition coefficient (Wildman–Crippen LogP) is 1.51. The standard InChI is InChI=1S/C13H23ClN6/c1-5-19(6-2)10-7-8-20(9-10)13-16-11(14)15-12(17-13)18(3)4/h10H,5-9H2,1-4H3. The molecule has 6 nitrogen and oxygen atoms in total. The first-order valence-electron chi connectivity index (χ1n) is 7.13. The SMILES string of the molecule is CCN(CC)C1CCN(c2nc(Cl)nc(N(C)C)n2)C1. The van der Waals surface area contributed by atoms with Crippen molar-refractivity contribution in [2.24, 2.45) is 0 Å². The van der Waals surface area contributed by atoms with E-state index in [0.29, 0.717) is 17.9 Å². The number of hydrogen-bond acceptors (Lipinski definition) is 6. The minimum atomic E-state index is 0.255. The van der Waals surface area contributed by atoms with Gasteiger partial charge >= 0.3 is 0 Å². The van der Waals surface area contributed by atoms with Crippen LogP contribution in [-0.4, -0.2) is 66.2 Å². The lowest BCUT2D eigenvalue weighted by Gasteiger charge is -2.26. The summed E-state index contributed by atoms with van der Waals surface area (Å²) in [4.78, 5) is 19.4. The molecule has 1 unspecified atom stereocenters. The predicted molar refractivity (Wildman–Crippen MR) is 82.7 cm³/mol. The number of hydrogen-bond donors (Lipinski definition) is 0. The monoisotopic (exact) mass is 298 g/mol. The van der Waals surface area contributed by atoms with Crippen molar-refractivity contribution in [3.05, 3.63) is 5.28 Å². The van der Waals surface area contributed by atoms with E-state index in [1.165, 1.54) is 0 Å². The Labute approximate surface area is 125 Å². The fourth-order valence-electron chi connectivity index (χ4n) is 2.63. The zero-order valence-electron chi connectivity index (χ0n) is 12.7. The molecule has 1 atom stereocenters. The lowest BCUT2D eigenvalue weighted by molar-refractivity contribution is 0.232. The third-order valence-electron chi connectivity index (χ3n) is 3.76. The summed E-state index contributed by atoms with van der Waals surface area (Å²) in [6.45, 7) is 8.49. The molecular weight excluding hydrogens is 276 g/mol. The van der Waals surface area contributed by atoms with E-state index in [1.54, 1.807) is 0 Å². The first-order chi connectivity index (χ1) is 9.55. The molecular formula is C13H23ClN6. The lowest BCUT2D eigenvalue weighted by atomic mass is 10.2. The van der Waals surface area contributed by atoms with Gasteiger partial charge in [0.15, 0.2) is 0 Å². The van der Waals surface area contributed by atoms with E-state index in [-0.39, 0.29) is 5.28 Å². The minimum Gasteiger partial charge on any atom is -0.347 e. The molecule has 1 aliphatic heterocycles. The summed E-state index contributed by atoms with van der Waals surface area (Å²) in [5.74, 6) is 1.29. The van der Waals surface area contributed by atoms with Gasteiger partial charge in [0.2, 0.25) is 17.2 Å². The third-order valence-corrected chi connectivity index (χ3v) is 3.93. The molecule has 0 N–H and O–H groups in total. The quantitative estimate of drug-likeness (QED) is 0.821. The molecule has 0 saturated carbocycles. The molecule has 0 radical (unpaired) electrons. The van der Waals surface area contributed by atoms with Gasteiger partial charge in [0.1, 0.15) is 0 Å². The van der Waals surface area contributed by atoms with Gasteiger partial charge in [-0.2, -0.15) is 15.0 Å². The second-order valence-corrected chi connectivity index (χ2v) is 5.55. The molecule has 2 rings (SSSR count). The highest BCUT2D eigenvalue weighted by Crippen LogP contribution is 2.22. The Bertz CT molecular complexity index is 448. The van der Waals surface area contributed by atoms with Crippen molar-refractivity contribution >= 4 is 23.5 Å². The van der Waals surface area contributed by atoms with Gasteiger partial charge < -0.3 is 9.80 Å². The Morgan fingerprint density at radius 3 is 2.50 bits per heavy atom. The lowest BCUT2D eigenvalue weighted by Crippen LogP contribution is -2.37. The number of halogens is 1. The van der Waals surface area contributed by atoms with Crippen LogP contribution in [0.5, 0.6) is 0 Å². The van der Waals surface area contributed by atoms with Crippen LogP contribution in [0.25, 0.3) is 0 Å². The van der Waals surface area contributed by atoms with Gasteiger partial charge in [-0.3, -0.25) is 4.90 Å². The van der Waals surface area contributed by atoms with Crippen LogP contribution in [0.3, 0.4) is 0 Å².